The highest BCUT2D eigenvalue weighted by Crippen LogP contribution is 2.22. The van der Waals surface area contributed by atoms with E-state index in [1.54, 1.807) is 0 Å². The Balaban J connectivity index is 1.58. The van der Waals surface area contributed by atoms with E-state index in [2.05, 4.69) is 58.2 Å². The zero-order chi connectivity index (χ0) is 16.4. The lowest BCUT2D eigenvalue weighted by molar-refractivity contribution is 0.165. The van der Waals surface area contributed by atoms with Crippen molar-refractivity contribution in [2.24, 2.45) is 13.0 Å². The lowest BCUT2D eigenvalue weighted by Gasteiger charge is -2.32. The highest BCUT2D eigenvalue weighted by atomic mass is 15.3. The van der Waals surface area contributed by atoms with Crippen LogP contribution in [0.4, 0.5) is 0 Å². The number of nitrogens with zero attached hydrogens (tertiary/aromatic N) is 5. The van der Waals surface area contributed by atoms with Crippen LogP contribution in [0.1, 0.15) is 45.0 Å². The van der Waals surface area contributed by atoms with Gasteiger partial charge in [0.2, 0.25) is 0 Å². The van der Waals surface area contributed by atoms with Gasteiger partial charge >= 0.3 is 0 Å². The van der Waals surface area contributed by atoms with Gasteiger partial charge in [-0.2, -0.15) is 5.10 Å². The maximum Gasteiger partial charge on any atom is 0.108 e. The van der Waals surface area contributed by atoms with Crippen molar-refractivity contribution in [2.75, 3.05) is 13.1 Å². The zero-order valence-electron chi connectivity index (χ0n) is 14.9. The summed E-state index contributed by atoms with van der Waals surface area (Å²) in [5, 5.41) is 4.52. The van der Waals surface area contributed by atoms with Crippen molar-refractivity contribution in [1.29, 1.82) is 0 Å². The molecule has 1 unspecified atom stereocenters. The van der Waals surface area contributed by atoms with E-state index in [0.717, 1.165) is 19.5 Å². The van der Waals surface area contributed by atoms with Crippen LogP contribution >= 0.6 is 0 Å². The molecular weight excluding hydrogens is 286 g/mol. The molecular formula is C18H29N5. The molecule has 0 radical (unpaired) electrons. The van der Waals surface area contributed by atoms with Crippen LogP contribution < -0.4 is 0 Å². The molecule has 0 aliphatic carbocycles. The van der Waals surface area contributed by atoms with Crippen molar-refractivity contribution in [3.05, 3.63) is 36.2 Å². The predicted molar refractivity (Wildman–Crippen MR) is 92.1 cm³/mol. The molecule has 1 aliphatic heterocycles. The Morgan fingerprint density at radius 3 is 2.78 bits per heavy atom. The number of imidazole rings is 1. The van der Waals surface area contributed by atoms with Crippen LogP contribution in [0.25, 0.3) is 0 Å². The topological polar surface area (TPSA) is 38.9 Å². The fraction of sp³-hybridized carbons (Fsp3) is 0.667. The first-order valence-electron chi connectivity index (χ1n) is 8.64. The lowest BCUT2D eigenvalue weighted by atomic mass is 9.94. The van der Waals surface area contributed by atoms with Crippen LogP contribution in [-0.2, 0) is 25.6 Å². The third kappa shape index (κ3) is 4.02. The maximum atomic E-state index is 4.52. The fourth-order valence-electron chi connectivity index (χ4n) is 3.38. The minimum atomic E-state index is 0.0564. The Morgan fingerprint density at radius 2 is 2.13 bits per heavy atom. The standard InChI is InChI=1S/C18H29N5/c1-18(2,3)23-14-16(11-20-23)13-22-8-5-6-15(12-22)10-17-19-7-9-21(17)4/h7,9,11,14-15H,5-6,8,10,12-13H2,1-4H3. The first-order chi connectivity index (χ1) is 10.9. The van der Waals surface area contributed by atoms with Gasteiger partial charge < -0.3 is 4.57 Å². The molecule has 0 aromatic carbocycles. The number of rotatable bonds is 4. The van der Waals surface area contributed by atoms with Gasteiger partial charge in [0.1, 0.15) is 5.82 Å². The van der Waals surface area contributed by atoms with Gasteiger partial charge in [0.05, 0.1) is 11.7 Å². The van der Waals surface area contributed by atoms with Crippen LogP contribution in [0.15, 0.2) is 24.8 Å². The van der Waals surface area contributed by atoms with Gasteiger partial charge in [-0.3, -0.25) is 9.58 Å². The Bertz CT molecular complexity index is 634. The molecule has 1 fully saturated rings. The van der Waals surface area contributed by atoms with Crippen molar-refractivity contribution in [1.82, 2.24) is 24.2 Å². The van der Waals surface area contributed by atoms with E-state index in [1.165, 1.54) is 30.8 Å². The summed E-state index contributed by atoms with van der Waals surface area (Å²) in [6.07, 6.45) is 11.8. The quantitative estimate of drug-likeness (QED) is 0.871. The number of aryl methyl sites for hydroxylation is 1. The van der Waals surface area contributed by atoms with Crippen molar-refractivity contribution >= 4 is 0 Å². The number of hydrogen-bond donors (Lipinski definition) is 0. The van der Waals surface area contributed by atoms with Gasteiger partial charge in [-0.1, -0.05) is 0 Å². The van der Waals surface area contributed by atoms with Gasteiger partial charge in [0, 0.05) is 50.7 Å². The number of piperidine rings is 1. The minimum absolute atomic E-state index is 0.0564. The Kier molecular flexibility index (Phi) is 4.57. The summed E-state index contributed by atoms with van der Waals surface area (Å²) >= 11 is 0. The molecule has 0 saturated carbocycles. The van der Waals surface area contributed by atoms with Crippen LogP contribution in [0.2, 0.25) is 0 Å². The Hall–Kier alpha value is -1.62. The summed E-state index contributed by atoms with van der Waals surface area (Å²) in [6.45, 7) is 9.92. The summed E-state index contributed by atoms with van der Waals surface area (Å²) < 4.78 is 4.21. The second-order valence-electron chi connectivity index (χ2n) is 7.87. The van der Waals surface area contributed by atoms with Gasteiger partial charge in [-0.05, 0) is 46.1 Å². The van der Waals surface area contributed by atoms with Crippen LogP contribution in [0.5, 0.6) is 0 Å². The molecule has 2 aromatic rings. The third-order valence-corrected chi connectivity index (χ3v) is 4.72. The molecule has 23 heavy (non-hydrogen) atoms. The van der Waals surface area contributed by atoms with Crippen LogP contribution in [0, 0.1) is 5.92 Å². The summed E-state index contributed by atoms with van der Waals surface area (Å²) in [7, 11) is 2.09. The first-order valence-corrected chi connectivity index (χ1v) is 8.64. The van der Waals surface area contributed by atoms with E-state index in [4.69, 9.17) is 0 Å². The second-order valence-corrected chi connectivity index (χ2v) is 7.87. The molecule has 1 saturated heterocycles. The highest BCUT2D eigenvalue weighted by Gasteiger charge is 2.22. The second kappa shape index (κ2) is 6.48. The van der Waals surface area contributed by atoms with E-state index in [-0.39, 0.29) is 5.54 Å². The number of hydrogen-bond acceptors (Lipinski definition) is 3. The van der Waals surface area contributed by atoms with Crippen LogP contribution in [0.3, 0.4) is 0 Å². The molecule has 0 spiro atoms. The van der Waals surface area contributed by atoms with Crippen molar-refractivity contribution in [3.63, 3.8) is 0 Å². The van der Waals surface area contributed by atoms with E-state index in [9.17, 15) is 0 Å². The van der Waals surface area contributed by atoms with Crippen LogP contribution in [-0.4, -0.2) is 37.3 Å². The minimum Gasteiger partial charge on any atom is -0.338 e. The first kappa shape index (κ1) is 16.2. The summed E-state index contributed by atoms with van der Waals surface area (Å²) in [5.74, 6) is 1.92. The molecule has 0 amide bonds. The molecule has 5 nitrogen and oxygen atoms in total. The van der Waals surface area contributed by atoms with Gasteiger partial charge in [0.25, 0.3) is 0 Å². The van der Waals surface area contributed by atoms with Gasteiger partial charge in [-0.25, -0.2) is 4.98 Å². The van der Waals surface area contributed by atoms with Gasteiger partial charge in [0.15, 0.2) is 0 Å². The highest BCUT2D eigenvalue weighted by molar-refractivity contribution is 5.05. The zero-order valence-corrected chi connectivity index (χ0v) is 14.9. The molecule has 2 aromatic heterocycles. The third-order valence-electron chi connectivity index (χ3n) is 4.72. The molecule has 1 atom stereocenters. The molecule has 3 heterocycles. The lowest BCUT2D eigenvalue weighted by Crippen LogP contribution is -2.36. The summed E-state index contributed by atoms with van der Waals surface area (Å²) in [4.78, 5) is 7.05. The van der Waals surface area contributed by atoms with E-state index < -0.39 is 0 Å². The molecule has 0 N–H and O–H groups in total. The fourth-order valence-corrected chi connectivity index (χ4v) is 3.38. The maximum absolute atomic E-state index is 4.52. The van der Waals surface area contributed by atoms with Gasteiger partial charge in [-0.15, -0.1) is 0 Å². The van der Waals surface area contributed by atoms with Crippen molar-refractivity contribution < 1.29 is 0 Å². The number of aromatic nitrogens is 4. The average molecular weight is 315 g/mol. The predicted octanol–water partition coefficient (Wildman–Crippen LogP) is 2.83. The number of likely N-dealkylation sites (tertiary alicyclic amines) is 1. The van der Waals surface area contributed by atoms with E-state index in [0.29, 0.717) is 5.92 Å². The SMILES string of the molecule is Cn1ccnc1CC1CCCN(Cc2cnn(C(C)(C)C)c2)C1. The molecule has 1 aliphatic rings. The summed E-state index contributed by atoms with van der Waals surface area (Å²) in [6, 6.07) is 0. The van der Waals surface area contributed by atoms with E-state index >= 15 is 0 Å². The molecule has 0 bridgehead atoms. The summed E-state index contributed by atoms with van der Waals surface area (Å²) in [5.41, 5.74) is 1.37. The van der Waals surface area contributed by atoms with Crippen molar-refractivity contribution in [2.45, 2.75) is 52.1 Å². The van der Waals surface area contributed by atoms with Crippen molar-refractivity contribution in [3.8, 4) is 0 Å². The molecule has 126 valence electrons. The van der Waals surface area contributed by atoms with E-state index in [1.807, 2.05) is 18.6 Å². The monoisotopic (exact) mass is 315 g/mol. The molecule has 5 heteroatoms. The Morgan fingerprint density at radius 1 is 1.30 bits per heavy atom. The molecule has 3 rings (SSSR count). The smallest absolute Gasteiger partial charge is 0.108 e. The average Bonchev–Trinajstić information content (AvgIpc) is 3.09. The normalized spacial score (nSPS) is 20.1. The Labute approximate surface area is 139 Å². The largest absolute Gasteiger partial charge is 0.338 e.